The molecule has 2 aromatic heterocycles. The van der Waals surface area contributed by atoms with Crippen LogP contribution in [0.4, 0.5) is 34.1 Å². The van der Waals surface area contributed by atoms with E-state index in [1.54, 1.807) is 0 Å². The fourth-order valence-electron chi connectivity index (χ4n) is 12.4. The maximum Gasteiger partial charge on any atom is 0.160 e. The Kier molecular flexibility index (Phi) is 9.39. The second-order valence-corrected chi connectivity index (χ2v) is 19.3. The lowest BCUT2D eigenvalue weighted by Gasteiger charge is -2.56. The molecule has 14 rings (SSSR count). The van der Waals surface area contributed by atoms with Gasteiger partial charge in [-0.2, -0.15) is 0 Å². The molecule has 0 amide bonds. The third-order valence-corrected chi connectivity index (χ3v) is 15.3. The van der Waals surface area contributed by atoms with Gasteiger partial charge in [0.15, 0.2) is 5.82 Å². The Labute approximate surface area is 420 Å². The van der Waals surface area contributed by atoms with Crippen molar-refractivity contribution in [1.29, 1.82) is 0 Å². The van der Waals surface area contributed by atoms with Crippen molar-refractivity contribution < 1.29 is 0 Å². The topological polar surface area (TPSA) is 45.2 Å². The van der Waals surface area contributed by atoms with E-state index < -0.39 is 10.8 Å². The van der Waals surface area contributed by atoms with Crippen LogP contribution in [-0.4, -0.2) is 15.0 Å². The van der Waals surface area contributed by atoms with Crippen molar-refractivity contribution >= 4 is 34.1 Å². The van der Waals surface area contributed by atoms with Crippen molar-refractivity contribution in [3.05, 3.63) is 305 Å². The number of aryl methyl sites for hydroxylation is 2. The molecule has 5 heteroatoms. The van der Waals surface area contributed by atoms with Gasteiger partial charge in [-0.15, -0.1) is 0 Å². The van der Waals surface area contributed by atoms with Gasteiger partial charge in [-0.05, 0) is 137 Å². The van der Waals surface area contributed by atoms with E-state index >= 15 is 0 Å². The molecule has 1 aliphatic carbocycles. The van der Waals surface area contributed by atoms with Gasteiger partial charge in [-0.25, -0.2) is 9.97 Å². The lowest BCUT2D eigenvalue weighted by atomic mass is 9.49. The largest absolute Gasteiger partial charge is 0.310 e. The zero-order valence-electron chi connectivity index (χ0n) is 39.9. The quantitative estimate of drug-likeness (QED) is 0.172. The van der Waals surface area contributed by atoms with Crippen LogP contribution in [-0.2, 0) is 10.8 Å². The minimum Gasteiger partial charge on any atom is -0.310 e. The summed E-state index contributed by atoms with van der Waals surface area (Å²) < 4.78 is 0. The summed E-state index contributed by atoms with van der Waals surface area (Å²) in [5.74, 6) is 0.667. The molecule has 3 aliphatic rings. The summed E-state index contributed by atoms with van der Waals surface area (Å²) >= 11 is 0. The first-order valence-corrected chi connectivity index (χ1v) is 24.8. The standard InChI is InChI=1S/C67H47N5/c1-44-29-35-63-57(41-44)67(58-42-45(2)30-36-64(58)71(63)49-19-7-4-8-20-49)53-23-11-9-21-51(53)66(52-22-10-12-24-54(52)67)55-25-13-15-27-61(55)72(62-28-16-14-26-56(62)66)50-33-31-48(32-34-50)65-69-59(46-17-5-3-6-18-46)43-60(70-65)47-37-39-68-40-38-47/h3-43H,1-2H3. The fraction of sp³-hybridized carbons (Fsp3) is 0.0597. The normalized spacial score (nSPS) is 14.1. The highest BCUT2D eigenvalue weighted by atomic mass is 15.2. The van der Waals surface area contributed by atoms with Gasteiger partial charge in [-0.3, -0.25) is 4.98 Å². The van der Waals surface area contributed by atoms with Gasteiger partial charge in [0.1, 0.15) is 0 Å². The van der Waals surface area contributed by atoms with Crippen LogP contribution in [0.1, 0.15) is 55.6 Å². The maximum atomic E-state index is 5.16. The van der Waals surface area contributed by atoms with Gasteiger partial charge in [0.05, 0.1) is 45.0 Å². The summed E-state index contributed by atoms with van der Waals surface area (Å²) in [6.07, 6.45) is 3.62. The molecule has 0 fully saturated rings. The zero-order valence-corrected chi connectivity index (χ0v) is 39.9. The Morgan fingerprint density at radius 1 is 0.306 bits per heavy atom. The Hall–Kier alpha value is -9.19. The highest BCUT2D eigenvalue weighted by molar-refractivity contribution is 5.95. The van der Waals surface area contributed by atoms with E-state index in [1.807, 2.05) is 42.7 Å². The fourth-order valence-corrected chi connectivity index (χ4v) is 12.4. The monoisotopic (exact) mass is 921 g/mol. The highest BCUT2D eigenvalue weighted by Crippen LogP contribution is 2.68. The Bertz CT molecular complexity index is 3690. The van der Waals surface area contributed by atoms with Gasteiger partial charge in [0.2, 0.25) is 0 Å². The number of aromatic nitrogens is 3. The Balaban J connectivity index is 0.984. The molecule has 5 nitrogen and oxygen atoms in total. The number of hydrogen-bond acceptors (Lipinski definition) is 5. The smallest absolute Gasteiger partial charge is 0.160 e. The molecule has 0 saturated heterocycles. The number of fused-ring (bicyclic) bond motifs is 14. The first-order valence-electron chi connectivity index (χ1n) is 24.8. The van der Waals surface area contributed by atoms with E-state index in [-0.39, 0.29) is 0 Å². The van der Waals surface area contributed by atoms with Crippen LogP contribution in [0.15, 0.2) is 249 Å². The molecule has 2 aliphatic heterocycles. The average molecular weight is 922 g/mol. The summed E-state index contributed by atoms with van der Waals surface area (Å²) in [6.45, 7) is 4.47. The maximum absolute atomic E-state index is 5.16. The van der Waals surface area contributed by atoms with Crippen molar-refractivity contribution in [3.8, 4) is 33.9 Å². The van der Waals surface area contributed by atoms with Gasteiger partial charge in [0.25, 0.3) is 0 Å². The Morgan fingerprint density at radius 2 is 0.694 bits per heavy atom. The van der Waals surface area contributed by atoms with Crippen molar-refractivity contribution in [2.24, 2.45) is 0 Å². The van der Waals surface area contributed by atoms with Crippen LogP contribution in [0, 0.1) is 13.8 Å². The number of para-hydroxylation sites is 3. The van der Waals surface area contributed by atoms with E-state index in [2.05, 4.69) is 235 Å². The molecule has 2 spiro atoms. The van der Waals surface area contributed by atoms with Crippen molar-refractivity contribution in [2.75, 3.05) is 9.80 Å². The second kappa shape index (κ2) is 16.2. The number of nitrogens with zero attached hydrogens (tertiary/aromatic N) is 5. The molecule has 72 heavy (non-hydrogen) atoms. The van der Waals surface area contributed by atoms with Crippen LogP contribution < -0.4 is 9.80 Å². The van der Waals surface area contributed by atoms with Crippen LogP contribution in [0.2, 0.25) is 0 Å². The van der Waals surface area contributed by atoms with Crippen LogP contribution >= 0.6 is 0 Å². The molecular formula is C67H47N5. The lowest BCUT2D eigenvalue weighted by Crippen LogP contribution is -2.49. The molecule has 4 heterocycles. The number of benzene rings is 9. The van der Waals surface area contributed by atoms with Crippen molar-refractivity contribution in [3.63, 3.8) is 0 Å². The van der Waals surface area contributed by atoms with Crippen LogP contribution in [0.25, 0.3) is 33.9 Å². The molecular weight excluding hydrogens is 875 g/mol. The van der Waals surface area contributed by atoms with Crippen molar-refractivity contribution in [2.45, 2.75) is 24.7 Å². The van der Waals surface area contributed by atoms with E-state index in [0.29, 0.717) is 5.82 Å². The summed E-state index contributed by atoms with van der Waals surface area (Å²) in [4.78, 5) is 19.5. The molecule has 0 bridgehead atoms. The third kappa shape index (κ3) is 5.97. The first-order chi connectivity index (χ1) is 35.5. The van der Waals surface area contributed by atoms with E-state index in [1.165, 1.54) is 67.0 Å². The van der Waals surface area contributed by atoms with E-state index in [4.69, 9.17) is 9.97 Å². The zero-order chi connectivity index (χ0) is 48.0. The summed E-state index contributed by atoms with van der Waals surface area (Å²) in [6, 6.07) is 87.0. The van der Waals surface area contributed by atoms with Crippen molar-refractivity contribution in [1.82, 2.24) is 15.0 Å². The minimum atomic E-state index is -0.679. The molecule has 0 unspecified atom stereocenters. The molecule has 0 saturated carbocycles. The lowest BCUT2D eigenvalue weighted by molar-refractivity contribution is 0.607. The predicted molar refractivity (Wildman–Crippen MR) is 292 cm³/mol. The minimum absolute atomic E-state index is 0.652. The van der Waals surface area contributed by atoms with Gasteiger partial charge in [-0.1, -0.05) is 169 Å². The SMILES string of the molecule is Cc1ccc2c(c1)C1(c3cc(C)ccc3N2c2ccccc2)c2ccccc2C2(c3ccccc3N(c3ccc(-c4nc(-c5ccccc5)cc(-c5ccncc5)n4)cc3)c3ccccc32)c2ccccc21. The van der Waals surface area contributed by atoms with E-state index in [0.717, 1.165) is 50.8 Å². The molecule has 9 aromatic carbocycles. The number of hydrogen-bond donors (Lipinski definition) is 0. The highest BCUT2D eigenvalue weighted by Gasteiger charge is 2.59. The third-order valence-electron chi connectivity index (χ3n) is 15.3. The summed E-state index contributed by atoms with van der Waals surface area (Å²) in [5.41, 5.74) is 22.8. The van der Waals surface area contributed by atoms with Crippen LogP contribution in [0.3, 0.4) is 0 Å². The second-order valence-electron chi connectivity index (χ2n) is 19.3. The van der Waals surface area contributed by atoms with Crippen LogP contribution in [0.5, 0.6) is 0 Å². The molecule has 0 atom stereocenters. The average Bonchev–Trinajstić information content (AvgIpc) is 3.45. The molecule has 0 radical (unpaired) electrons. The van der Waals surface area contributed by atoms with Gasteiger partial charge < -0.3 is 9.80 Å². The van der Waals surface area contributed by atoms with Gasteiger partial charge in [0, 0.05) is 40.5 Å². The Morgan fingerprint density at radius 3 is 1.19 bits per heavy atom. The molecule has 0 N–H and O–H groups in total. The number of anilines is 6. The summed E-state index contributed by atoms with van der Waals surface area (Å²) in [5, 5.41) is 0. The first kappa shape index (κ1) is 41.8. The summed E-state index contributed by atoms with van der Waals surface area (Å²) in [7, 11) is 0. The number of rotatable bonds is 5. The molecule has 11 aromatic rings. The number of pyridine rings is 1. The van der Waals surface area contributed by atoms with Gasteiger partial charge >= 0.3 is 0 Å². The molecule has 340 valence electrons. The van der Waals surface area contributed by atoms with E-state index in [9.17, 15) is 0 Å². The predicted octanol–water partition coefficient (Wildman–Crippen LogP) is 16.1.